The highest BCUT2D eigenvalue weighted by molar-refractivity contribution is 6.59. The summed E-state index contributed by atoms with van der Waals surface area (Å²) in [6.45, 7) is 6.70. The van der Waals surface area contributed by atoms with Gasteiger partial charge in [-0.15, -0.1) is 0 Å². The maximum absolute atomic E-state index is 9.78. The molecule has 0 spiro atoms. The Morgan fingerprint density at radius 1 is 1.19 bits per heavy atom. The first kappa shape index (κ1) is 13.1. The summed E-state index contributed by atoms with van der Waals surface area (Å²) in [7, 11) is 0.742. The first-order valence-corrected chi connectivity index (χ1v) is 5.36. The molecule has 0 heterocycles. The minimum absolute atomic E-state index is 0.0491. The lowest BCUT2D eigenvalue weighted by Crippen LogP contribution is -2.36. The van der Waals surface area contributed by atoms with Crippen molar-refractivity contribution in [3.05, 3.63) is 24.3 Å². The topological polar surface area (TPSA) is 38.7 Å². The van der Waals surface area contributed by atoms with Gasteiger partial charge >= 0.3 is 7.12 Å². The number of methoxy groups -OCH3 is 1. The van der Waals surface area contributed by atoms with Gasteiger partial charge in [0.2, 0.25) is 0 Å². The van der Waals surface area contributed by atoms with Crippen molar-refractivity contribution in [2.24, 2.45) is 5.41 Å². The molecule has 88 valence electrons. The molecule has 1 N–H and O–H groups in total. The summed E-state index contributed by atoms with van der Waals surface area (Å²) in [5.74, 6) is 0.770. The molecule has 1 aromatic rings. The summed E-state index contributed by atoms with van der Waals surface area (Å²) in [5, 5.41) is 9.78. The normalized spacial score (nSPS) is 11.3. The Bertz CT molecular complexity index is 316. The van der Waals surface area contributed by atoms with Gasteiger partial charge in [-0.25, -0.2) is 0 Å². The van der Waals surface area contributed by atoms with Crippen molar-refractivity contribution in [3.63, 3.8) is 0 Å². The molecule has 0 unspecified atom stereocenters. The predicted molar refractivity (Wildman–Crippen MR) is 66.0 cm³/mol. The van der Waals surface area contributed by atoms with Crippen molar-refractivity contribution in [2.75, 3.05) is 13.7 Å². The van der Waals surface area contributed by atoms with Crippen LogP contribution in [0.4, 0.5) is 0 Å². The van der Waals surface area contributed by atoms with Gasteiger partial charge in [0.1, 0.15) is 5.75 Å². The van der Waals surface area contributed by atoms with Crippen LogP contribution in [0.1, 0.15) is 20.8 Å². The van der Waals surface area contributed by atoms with Crippen molar-refractivity contribution < 1.29 is 14.4 Å². The summed E-state index contributed by atoms with van der Waals surface area (Å²) in [4.78, 5) is 0. The quantitative estimate of drug-likeness (QED) is 0.783. The second-order valence-corrected chi connectivity index (χ2v) is 5.00. The van der Waals surface area contributed by atoms with Crippen LogP contribution in [-0.4, -0.2) is 25.9 Å². The number of hydrogen-bond acceptors (Lipinski definition) is 3. The highest BCUT2D eigenvalue weighted by atomic mass is 16.5. The van der Waals surface area contributed by atoms with Gasteiger partial charge in [0.15, 0.2) is 0 Å². The second-order valence-electron chi connectivity index (χ2n) is 5.00. The van der Waals surface area contributed by atoms with E-state index < -0.39 is 7.12 Å². The van der Waals surface area contributed by atoms with E-state index in [1.54, 1.807) is 31.4 Å². The molecule has 0 atom stereocenters. The lowest BCUT2D eigenvalue weighted by Gasteiger charge is -2.19. The van der Waals surface area contributed by atoms with Crippen LogP contribution in [-0.2, 0) is 4.65 Å². The molecule has 4 heteroatoms. The van der Waals surface area contributed by atoms with Gasteiger partial charge in [0, 0.05) is 6.61 Å². The third-order valence-corrected chi connectivity index (χ3v) is 2.08. The summed E-state index contributed by atoms with van der Waals surface area (Å²) < 4.78 is 10.4. The maximum atomic E-state index is 9.78. The minimum atomic E-state index is -0.870. The van der Waals surface area contributed by atoms with Crippen LogP contribution < -0.4 is 10.2 Å². The average molecular weight is 222 g/mol. The SMILES string of the molecule is COc1ccc(B(O)OCC(C)(C)C)cc1. The maximum Gasteiger partial charge on any atom is 0.491 e. The van der Waals surface area contributed by atoms with E-state index in [4.69, 9.17) is 9.39 Å². The van der Waals surface area contributed by atoms with Gasteiger partial charge in [-0.1, -0.05) is 32.9 Å². The summed E-state index contributed by atoms with van der Waals surface area (Å²) in [6, 6.07) is 7.20. The average Bonchev–Trinajstić information content (AvgIpc) is 2.25. The van der Waals surface area contributed by atoms with Crippen LogP contribution in [0, 0.1) is 5.41 Å². The Hall–Kier alpha value is -0.995. The van der Waals surface area contributed by atoms with E-state index in [9.17, 15) is 5.02 Å². The Labute approximate surface area is 97.5 Å². The largest absolute Gasteiger partial charge is 0.497 e. The second kappa shape index (κ2) is 5.37. The Kier molecular flexibility index (Phi) is 4.39. The molecule has 1 rings (SSSR count). The molecule has 0 saturated heterocycles. The Morgan fingerprint density at radius 2 is 1.75 bits per heavy atom. The van der Waals surface area contributed by atoms with Gasteiger partial charge < -0.3 is 14.4 Å². The van der Waals surface area contributed by atoms with Crippen LogP contribution in [0.5, 0.6) is 5.75 Å². The Balaban J connectivity index is 2.56. The molecule has 0 radical (unpaired) electrons. The molecule has 0 aliphatic rings. The fourth-order valence-electron chi connectivity index (χ4n) is 1.19. The van der Waals surface area contributed by atoms with Gasteiger partial charge in [-0.2, -0.15) is 0 Å². The van der Waals surface area contributed by atoms with Crippen LogP contribution in [0.3, 0.4) is 0 Å². The standard InChI is InChI=1S/C12H19BO3/c1-12(2,3)9-16-13(14)10-5-7-11(15-4)8-6-10/h5-8,14H,9H2,1-4H3. The van der Waals surface area contributed by atoms with Crippen LogP contribution in [0.2, 0.25) is 0 Å². The van der Waals surface area contributed by atoms with Crippen LogP contribution in [0.25, 0.3) is 0 Å². The van der Waals surface area contributed by atoms with Gasteiger partial charge in [0.05, 0.1) is 7.11 Å². The van der Waals surface area contributed by atoms with Crippen LogP contribution in [0.15, 0.2) is 24.3 Å². The van der Waals surface area contributed by atoms with Gasteiger partial charge in [-0.05, 0) is 23.0 Å². The molecule has 0 bridgehead atoms. The number of ether oxygens (including phenoxy) is 1. The first-order chi connectivity index (χ1) is 7.42. The fourth-order valence-corrected chi connectivity index (χ4v) is 1.19. The van der Waals surface area contributed by atoms with Crippen molar-refractivity contribution >= 4 is 12.6 Å². The summed E-state index contributed by atoms with van der Waals surface area (Å²) in [5.41, 5.74) is 0.790. The highest BCUT2D eigenvalue weighted by Gasteiger charge is 2.20. The third-order valence-electron chi connectivity index (χ3n) is 2.08. The monoisotopic (exact) mass is 222 g/mol. The number of rotatable bonds is 4. The van der Waals surface area contributed by atoms with E-state index >= 15 is 0 Å². The predicted octanol–water partition coefficient (Wildman–Crippen LogP) is 1.45. The first-order valence-electron chi connectivity index (χ1n) is 5.36. The lowest BCUT2D eigenvalue weighted by atomic mass is 9.79. The smallest absolute Gasteiger partial charge is 0.491 e. The van der Waals surface area contributed by atoms with Crippen LogP contribution >= 0.6 is 0 Å². The van der Waals surface area contributed by atoms with Crippen molar-refractivity contribution in [2.45, 2.75) is 20.8 Å². The van der Waals surface area contributed by atoms with E-state index in [0.29, 0.717) is 6.61 Å². The zero-order chi connectivity index (χ0) is 12.2. The molecule has 16 heavy (non-hydrogen) atoms. The zero-order valence-corrected chi connectivity index (χ0v) is 10.4. The van der Waals surface area contributed by atoms with Crippen molar-refractivity contribution in [1.82, 2.24) is 0 Å². The van der Waals surface area contributed by atoms with Crippen molar-refractivity contribution in [1.29, 1.82) is 0 Å². The molecule has 0 aliphatic carbocycles. The Morgan fingerprint density at radius 3 is 2.19 bits per heavy atom. The molecule has 3 nitrogen and oxygen atoms in total. The molecular weight excluding hydrogens is 203 g/mol. The zero-order valence-electron chi connectivity index (χ0n) is 10.4. The van der Waals surface area contributed by atoms with Gasteiger partial charge in [-0.3, -0.25) is 0 Å². The van der Waals surface area contributed by atoms with Crippen molar-refractivity contribution in [3.8, 4) is 5.75 Å². The fraction of sp³-hybridized carbons (Fsp3) is 0.500. The molecule has 0 aromatic heterocycles. The molecule has 0 saturated carbocycles. The summed E-state index contributed by atoms with van der Waals surface area (Å²) >= 11 is 0. The number of benzene rings is 1. The lowest BCUT2D eigenvalue weighted by molar-refractivity contribution is 0.174. The third kappa shape index (κ3) is 4.25. The molecule has 0 amide bonds. The molecule has 1 aromatic carbocycles. The highest BCUT2D eigenvalue weighted by Crippen LogP contribution is 2.13. The van der Waals surface area contributed by atoms with E-state index in [1.807, 2.05) is 0 Å². The van der Waals surface area contributed by atoms with E-state index in [0.717, 1.165) is 11.2 Å². The number of hydrogen-bond donors (Lipinski definition) is 1. The summed E-state index contributed by atoms with van der Waals surface area (Å²) in [6.07, 6.45) is 0. The molecule has 0 fully saturated rings. The van der Waals surface area contributed by atoms with E-state index in [-0.39, 0.29) is 5.41 Å². The van der Waals surface area contributed by atoms with E-state index in [1.165, 1.54) is 0 Å². The molecule has 0 aliphatic heterocycles. The van der Waals surface area contributed by atoms with Gasteiger partial charge in [0.25, 0.3) is 0 Å². The van der Waals surface area contributed by atoms with E-state index in [2.05, 4.69) is 20.8 Å². The molecular formula is C12H19BO3. The minimum Gasteiger partial charge on any atom is -0.497 e.